The van der Waals surface area contributed by atoms with Gasteiger partial charge in [-0.15, -0.1) is 0 Å². The van der Waals surface area contributed by atoms with E-state index in [1.54, 1.807) is 18.2 Å². The highest BCUT2D eigenvalue weighted by Crippen LogP contribution is 2.30. The van der Waals surface area contributed by atoms with E-state index in [4.69, 9.17) is 23.2 Å². The Balaban J connectivity index is 2.11. The molecular formula is C30H35Cl2N3O4S. The van der Waals surface area contributed by atoms with E-state index in [1.807, 2.05) is 58.9 Å². The van der Waals surface area contributed by atoms with E-state index in [0.29, 0.717) is 6.42 Å². The number of carbonyl (C=O) groups excluding carboxylic acids is 2. The number of carbonyl (C=O) groups is 2. The largest absolute Gasteiger partial charge is 0.350 e. The number of sulfonamides is 1. The van der Waals surface area contributed by atoms with E-state index in [-0.39, 0.29) is 33.1 Å². The monoisotopic (exact) mass is 603 g/mol. The number of hydrogen-bond acceptors (Lipinski definition) is 4. The Kier molecular flexibility index (Phi) is 10.3. The molecule has 0 fully saturated rings. The summed E-state index contributed by atoms with van der Waals surface area (Å²) in [5.74, 6) is -0.866. The number of benzene rings is 3. The Morgan fingerprint density at radius 3 is 2.05 bits per heavy atom. The van der Waals surface area contributed by atoms with Gasteiger partial charge in [0.25, 0.3) is 10.0 Å². The molecule has 0 unspecified atom stereocenters. The summed E-state index contributed by atoms with van der Waals surface area (Å²) in [4.78, 5) is 29.0. The van der Waals surface area contributed by atoms with Crippen LogP contribution in [0.3, 0.4) is 0 Å². The van der Waals surface area contributed by atoms with Gasteiger partial charge in [-0.3, -0.25) is 13.9 Å². The van der Waals surface area contributed by atoms with Crippen LogP contribution in [0, 0.1) is 6.92 Å². The fraction of sp³-hybridized carbons (Fsp3) is 0.333. The molecule has 0 radical (unpaired) electrons. The molecule has 0 aromatic heterocycles. The minimum atomic E-state index is -4.21. The Morgan fingerprint density at radius 2 is 1.50 bits per heavy atom. The molecule has 40 heavy (non-hydrogen) atoms. The summed E-state index contributed by atoms with van der Waals surface area (Å²) < 4.78 is 28.7. The average Bonchev–Trinajstić information content (AvgIpc) is 2.87. The molecule has 3 aromatic rings. The van der Waals surface area contributed by atoms with Gasteiger partial charge in [-0.05, 0) is 75.6 Å². The quantitative estimate of drug-likeness (QED) is 0.298. The Labute approximate surface area is 247 Å². The van der Waals surface area contributed by atoms with Crippen LogP contribution in [-0.2, 0) is 26.2 Å². The van der Waals surface area contributed by atoms with Crippen molar-refractivity contribution in [3.63, 3.8) is 0 Å². The van der Waals surface area contributed by atoms with Crippen molar-refractivity contribution in [2.75, 3.05) is 10.8 Å². The van der Waals surface area contributed by atoms with Gasteiger partial charge < -0.3 is 10.2 Å². The van der Waals surface area contributed by atoms with Gasteiger partial charge in [0.15, 0.2) is 0 Å². The van der Waals surface area contributed by atoms with Gasteiger partial charge in [-0.2, -0.15) is 0 Å². The molecule has 214 valence electrons. The number of anilines is 1. The molecule has 2 amide bonds. The zero-order valence-corrected chi connectivity index (χ0v) is 25.6. The summed E-state index contributed by atoms with van der Waals surface area (Å²) in [5, 5.41) is 3.40. The van der Waals surface area contributed by atoms with Crippen LogP contribution in [-0.4, -0.2) is 43.3 Å². The fourth-order valence-corrected chi connectivity index (χ4v) is 6.21. The van der Waals surface area contributed by atoms with Crippen molar-refractivity contribution < 1.29 is 18.0 Å². The summed E-state index contributed by atoms with van der Waals surface area (Å²) in [6, 6.07) is 18.9. The number of halogens is 2. The molecule has 10 heteroatoms. The first-order chi connectivity index (χ1) is 18.7. The van der Waals surface area contributed by atoms with E-state index in [1.165, 1.54) is 35.2 Å². The number of aryl methyl sites for hydroxylation is 1. The minimum Gasteiger partial charge on any atom is -0.350 e. The van der Waals surface area contributed by atoms with E-state index < -0.39 is 34.1 Å². The predicted molar refractivity (Wildman–Crippen MR) is 161 cm³/mol. The molecule has 0 heterocycles. The van der Waals surface area contributed by atoms with E-state index >= 15 is 0 Å². The first-order valence-electron chi connectivity index (χ1n) is 12.9. The SMILES string of the molecule is CC[C@H](C(=O)NC(C)(C)C)N(Cc1ccccc1C)C(=O)CN(c1cc(Cl)cc(Cl)c1)S(=O)(=O)c1ccccc1. The normalized spacial score (nSPS) is 12.5. The van der Waals surface area contributed by atoms with Crippen LogP contribution in [0.15, 0.2) is 77.7 Å². The van der Waals surface area contributed by atoms with Gasteiger partial charge in [0, 0.05) is 22.1 Å². The third-order valence-electron chi connectivity index (χ3n) is 6.23. The lowest BCUT2D eigenvalue weighted by Crippen LogP contribution is -2.55. The highest BCUT2D eigenvalue weighted by atomic mass is 35.5. The van der Waals surface area contributed by atoms with E-state index in [2.05, 4.69) is 5.32 Å². The van der Waals surface area contributed by atoms with Crippen molar-refractivity contribution >= 4 is 50.7 Å². The molecule has 0 saturated carbocycles. The van der Waals surface area contributed by atoms with Crippen LogP contribution >= 0.6 is 23.2 Å². The number of nitrogens with zero attached hydrogens (tertiary/aromatic N) is 2. The van der Waals surface area contributed by atoms with E-state index in [0.717, 1.165) is 15.4 Å². The highest BCUT2D eigenvalue weighted by Gasteiger charge is 2.35. The maximum atomic E-state index is 14.1. The second-order valence-corrected chi connectivity index (χ2v) is 13.3. The van der Waals surface area contributed by atoms with Crippen LogP contribution in [0.5, 0.6) is 0 Å². The van der Waals surface area contributed by atoms with Crippen LogP contribution in [0.1, 0.15) is 45.2 Å². The van der Waals surface area contributed by atoms with Crippen LogP contribution in [0.25, 0.3) is 0 Å². The smallest absolute Gasteiger partial charge is 0.264 e. The average molecular weight is 605 g/mol. The molecule has 0 spiro atoms. The second-order valence-electron chi connectivity index (χ2n) is 10.6. The van der Waals surface area contributed by atoms with Gasteiger partial charge >= 0.3 is 0 Å². The topological polar surface area (TPSA) is 86.8 Å². The zero-order chi connectivity index (χ0) is 29.7. The zero-order valence-electron chi connectivity index (χ0n) is 23.3. The van der Waals surface area contributed by atoms with Gasteiger partial charge in [-0.1, -0.05) is 72.6 Å². The lowest BCUT2D eigenvalue weighted by atomic mass is 10.0. The van der Waals surface area contributed by atoms with Crippen molar-refractivity contribution in [3.05, 3.63) is 94.0 Å². The maximum Gasteiger partial charge on any atom is 0.264 e. The van der Waals surface area contributed by atoms with Crippen molar-refractivity contribution in [2.24, 2.45) is 0 Å². The molecule has 0 aliphatic carbocycles. The lowest BCUT2D eigenvalue weighted by Gasteiger charge is -2.35. The first-order valence-corrected chi connectivity index (χ1v) is 15.1. The van der Waals surface area contributed by atoms with Crippen molar-refractivity contribution in [1.82, 2.24) is 10.2 Å². The van der Waals surface area contributed by atoms with Gasteiger partial charge in [0.05, 0.1) is 10.6 Å². The Morgan fingerprint density at radius 1 is 0.925 bits per heavy atom. The summed E-state index contributed by atoms with van der Waals surface area (Å²) in [5.41, 5.74) is 1.41. The van der Waals surface area contributed by atoms with Crippen molar-refractivity contribution in [3.8, 4) is 0 Å². The van der Waals surface area contributed by atoms with Crippen LogP contribution in [0.2, 0.25) is 10.0 Å². The number of hydrogen-bond donors (Lipinski definition) is 1. The third kappa shape index (κ3) is 7.99. The molecule has 0 aliphatic heterocycles. The standard InChI is InChI=1S/C30H35Cl2N3O4S/c1-6-27(29(37)33-30(3,4)5)34(19-22-13-11-10-12-21(22)2)28(36)20-35(25-17-23(31)16-24(32)18-25)40(38,39)26-14-8-7-9-15-26/h7-18,27H,6,19-20H2,1-5H3,(H,33,37)/t27-/m1/s1. The van der Waals surface area contributed by atoms with Gasteiger partial charge in [0.2, 0.25) is 11.8 Å². The lowest BCUT2D eigenvalue weighted by molar-refractivity contribution is -0.141. The number of nitrogens with one attached hydrogen (secondary N) is 1. The number of rotatable bonds is 10. The predicted octanol–water partition coefficient (Wildman–Crippen LogP) is 6.22. The van der Waals surface area contributed by atoms with Gasteiger partial charge in [-0.25, -0.2) is 8.42 Å². The van der Waals surface area contributed by atoms with Crippen molar-refractivity contribution in [2.45, 2.75) is 64.1 Å². The first kappa shape index (κ1) is 31.5. The molecule has 7 nitrogen and oxygen atoms in total. The fourth-order valence-electron chi connectivity index (χ4n) is 4.28. The molecule has 0 bridgehead atoms. The highest BCUT2D eigenvalue weighted by molar-refractivity contribution is 7.92. The molecular weight excluding hydrogens is 569 g/mol. The molecule has 1 N–H and O–H groups in total. The Hall–Kier alpha value is -3.07. The summed E-state index contributed by atoms with van der Waals surface area (Å²) in [6.07, 6.45) is 0.327. The summed E-state index contributed by atoms with van der Waals surface area (Å²) in [7, 11) is -4.21. The van der Waals surface area contributed by atoms with Crippen molar-refractivity contribution in [1.29, 1.82) is 0 Å². The summed E-state index contributed by atoms with van der Waals surface area (Å²) >= 11 is 12.5. The van der Waals surface area contributed by atoms with Gasteiger partial charge in [0.1, 0.15) is 12.6 Å². The maximum absolute atomic E-state index is 14.1. The van der Waals surface area contributed by atoms with Crippen LogP contribution < -0.4 is 9.62 Å². The molecule has 3 rings (SSSR count). The van der Waals surface area contributed by atoms with Crippen LogP contribution in [0.4, 0.5) is 5.69 Å². The molecule has 1 atom stereocenters. The second kappa shape index (κ2) is 13.1. The third-order valence-corrected chi connectivity index (χ3v) is 8.46. The minimum absolute atomic E-state index is 0.00173. The summed E-state index contributed by atoms with van der Waals surface area (Å²) in [6.45, 7) is 8.89. The number of amides is 2. The molecule has 0 saturated heterocycles. The Bertz CT molecular complexity index is 1440. The molecule has 3 aromatic carbocycles. The van der Waals surface area contributed by atoms with E-state index in [9.17, 15) is 18.0 Å². The molecule has 0 aliphatic rings.